The van der Waals surface area contributed by atoms with Crippen LogP contribution in [-0.2, 0) is 9.53 Å². The van der Waals surface area contributed by atoms with E-state index in [0.29, 0.717) is 13.2 Å². The van der Waals surface area contributed by atoms with Gasteiger partial charge in [-0.3, -0.25) is 4.79 Å². The zero-order valence-electron chi connectivity index (χ0n) is 8.72. The number of carbonyl (C=O) groups excluding carboxylic acids is 1. The molecular formula is C10H19NO2. The number of hydrogen-bond donors (Lipinski definition) is 1. The van der Waals surface area contributed by atoms with E-state index in [1.807, 2.05) is 6.92 Å². The van der Waals surface area contributed by atoms with Crippen molar-refractivity contribution in [3.05, 3.63) is 12.2 Å². The van der Waals surface area contributed by atoms with Crippen LogP contribution in [0, 0.1) is 0 Å². The van der Waals surface area contributed by atoms with Crippen LogP contribution in [-0.4, -0.2) is 25.2 Å². The molecule has 0 heterocycles. The summed E-state index contributed by atoms with van der Waals surface area (Å²) in [5, 5.41) is 3.04. The summed E-state index contributed by atoms with van der Waals surface area (Å²) < 4.78 is 4.84. The van der Waals surface area contributed by atoms with Crippen molar-refractivity contribution in [2.45, 2.75) is 33.2 Å². The number of carbonyl (C=O) groups is 1. The van der Waals surface area contributed by atoms with Crippen LogP contribution in [0.25, 0.3) is 0 Å². The molecule has 0 aromatic rings. The van der Waals surface area contributed by atoms with Crippen LogP contribution < -0.4 is 5.32 Å². The van der Waals surface area contributed by atoms with E-state index >= 15 is 0 Å². The molecule has 3 nitrogen and oxygen atoms in total. The van der Waals surface area contributed by atoms with E-state index < -0.39 is 0 Å². The van der Waals surface area contributed by atoms with E-state index in [9.17, 15) is 4.79 Å². The van der Waals surface area contributed by atoms with E-state index in [1.165, 1.54) is 0 Å². The molecule has 0 aromatic heterocycles. The Kier molecular flexibility index (Phi) is 6.24. The minimum atomic E-state index is -0.247. The number of esters is 1. The van der Waals surface area contributed by atoms with Gasteiger partial charge in [-0.2, -0.15) is 0 Å². The average Bonchev–Trinajstić information content (AvgIpc) is 2.13. The average molecular weight is 185 g/mol. The van der Waals surface area contributed by atoms with Gasteiger partial charge >= 0.3 is 5.97 Å². The first-order valence-electron chi connectivity index (χ1n) is 4.68. The van der Waals surface area contributed by atoms with Crippen LogP contribution in [0.3, 0.4) is 0 Å². The Bertz CT molecular complexity index is 178. The zero-order chi connectivity index (χ0) is 10.3. The minimum absolute atomic E-state index is 0.202. The first-order chi connectivity index (χ1) is 6.11. The molecule has 0 rings (SSSR count). The van der Waals surface area contributed by atoms with Gasteiger partial charge in [0, 0.05) is 6.54 Å². The fraction of sp³-hybridized carbons (Fsp3) is 0.700. The predicted octanol–water partition coefficient (Wildman–Crippen LogP) is 1.49. The Morgan fingerprint density at radius 2 is 2.15 bits per heavy atom. The SMILES string of the molecule is C=C(CC)CNC(C)C(=O)OCC. The van der Waals surface area contributed by atoms with E-state index in [2.05, 4.69) is 11.9 Å². The highest BCUT2D eigenvalue weighted by molar-refractivity contribution is 5.75. The van der Waals surface area contributed by atoms with Crippen LogP contribution in [0.5, 0.6) is 0 Å². The third-order valence-electron chi connectivity index (χ3n) is 1.80. The Labute approximate surface area is 80.2 Å². The first kappa shape index (κ1) is 12.2. The quantitative estimate of drug-likeness (QED) is 0.503. The van der Waals surface area contributed by atoms with Crippen LogP contribution in [0.1, 0.15) is 27.2 Å². The molecule has 0 bridgehead atoms. The maximum Gasteiger partial charge on any atom is 0.322 e. The van der Waals surface area contributed by atoms with Crippen molar-refractivity contribution in [1.82, 2.24) is 5.32 Å². The van der Waals surface area contributed by atoms with Gasteiger partial charge in [0.1, 0.15) is 6.04 Å². The third kappa shape index (κ3) is 5.42. The summed E-state index contributed by atoms with van der Waals surface area (Å²) in [7, 11) is 0. The number of rotatable bonds is 6. The van der Waals surface area contributed by atoms with Crippen molar-refractivity contribution in [3.8, 4) is 0 Å². The van der Waals surface area contributed by atoms with Gasteiger partial charge < -0.3 is 10.1 Å². The van der Waals surface area contributed by atoms with Crippen LogP contribution in [0.15, 0.2) is 12.2 Å². The first-order valence-corrected chi connectivity index (χ1v) is 4.68. The molecule has 1 atom stereocenters. The number of ether oxygens (including phenoxy) is 1. The highest BCUT2D eigenvalue weighted by Gasteiger charge is 2.12. The molecule has 0 fully saturated rings. The predicted molar refractivity (Wildman–Crippen MR) is 53.5 cm³/mol. The molecule has 0 saturated heterocycles. The highest BCUT2D eigenvalue weighted by Crippen LogP contribution is 1.95. The normalized spacial score (nSPS) is 12.2. The van der Waals surface area contributed by atoms with Gasteiger partial charge in [-0.05, 0) is 20.3 Å². The van der Waals surface area contributed by atoms with Gasteiger partial charge in [0.2, 0.25) is 0 Å². The van der Waals surface area contributed by atoms with Gasteiger partial charge in [0.25, 0.3) is 0 Å². The maximum atomic E-state index is 11.1. The van der Waals surface area contributed by atoms with Crippen molar-refractivity contribution in [3.63, 3.8) is 0 Å². The molecule has 0 saturated carbocycles. The lowest BCUT2D eigenvalue weighted by atomic mass is 10.2. The van der Waals surface area contributed by atoms with Gasteiger partial charge in [-0.1, -0.05) is 19.1 Å². The summed E-state index contributed by atoms with van der Waals surface area (Å²) in [4.78, 5) is 11.1. The Balaban J connectivity index is 3.67. The molecule has 76 valence electrons. The molecule has 0 radical (unpaired) electrons. The zero-order valence-corrected chi connectivity index (χ0v) is 8.72. The molecular weight excluding hydrogens is 166 g/mol. The molecule has 0 amide bonds. The molecule has 1 N–H and O–H groups in total. The second-order valence-electron chi connectivity index (χ2n) is 2.96. The van der Waals surface area contributed by atoms with Gasteiger partial charge in [-0.15, -0.1) is 0 Å². The summed E-state index contributed by atoms with van der Waals surface area (Å²) in [6.45, 7) is 10.6. The summed E-state index contributed by atoms with van der Waals surface area (Å²) in [5.74, 6) is -0.202. The van der Waals surface area contributed by atoms with Gasteiger partial charge in [0.05, 0.1) is 6.61 Å². The fourth-order valence-electron chi connectivity index (χ4n) is 0.773. The van der Waals surface area contributed by atoms with Crippen molar-refractivity contribution in [1.29, 1.82) is 0 Å². The lowest BCUT2D eigenvalue weighted by Gasteiger charge is -2.12. The maximum absolute atomic E-state index is 11.1. The molecule has 1 unspecified atom stereocenters. The van der Waals surface area contributed by atoms with E-state index in [4.69, 9.17) is 4.74 Å². The molecule has 13 heavy (non-hydrogen) atoms. The summed E-state index contributed by atoms with van der Waals surface area (Å²) in [6, 6.07) is -0.247. The van der Waals surface area contributed by atoms with Crippen LogP contribution >= 0.6 is 0 Å². The standard InChI is InChI=1S/C10H19NO2/c1-5-8(3)7-11-9(4)10(12)13-6-2/h9,11H,3,5-7H2,1-2,4H3. The second-order valence-corrected chi connectivity index (χ2v) is 2.96. The Morgan fingerprint density at radius 1 is 1.54 bits per heavy atom. The number of nitrogens with one attached hydrogen (secondary N) is 1. The largest absolute Gasteiger partial charge is 0.465 e. The summed E-state index contributed by atoms with van der Waals surface area (Å²) >= 11 is 0. The summed E-state index contributed by atoms with van der Waals surface area (Å²) in [5.41, 5.74) is 1.09. The van der Waals surface area contributed by atoms with E-state index in [-0.39, 0.29) is 12.0 Å². The molecule has 0 spiro atoms. The smallest absolute Gasteiger partial charge is 0.322 e. The van der Waals surface area contributed by atoms with Crippen molar-refractivity contribution in [2.24, 2.45) is 0 Å². The minimum Gasteiger partial charge on any atom is -0.465 e. The second kappa shape index (κ2) is 6.66. The fourth-order valence-corrected chi connectivity index (χ4v) is 0.773. The Morgan fingerprint density at radius 3 is 2.62 bits per heavy atom. The highest BCUT2D eigenvalue weighted by atomic mass is 16.5. The Hall–Kier alpha value is -0.830. The molecule has 3 heteroatoms. The molecule has 0 aliphatic carbocycles. The third-order valence-corrected chi connectivity index (χ3v) is 1.80. The monoisotopic (exact) mass is 185 g/mol. The van der Waals surface area contributed by atoms with Crippen molar-refractivity contribution in [2.75, 3.05) is 13.2 Å². The lowest BCUT2D eigenvalue weighted by Crippen LogP contribution is -2.36. The van der Waals surface area contributed by atoms with Crippen LogP contribution in [0.4, 0.5) is 0 Å². The molecule has 0 aromatic carbocycles. The van der Waals surface area contributed by atoms with Crippen molar-refractivity contribution >= 4 is 5.97 Å². The van der Waals surface area contributed by atoms with E-state index in [1.54, 1.807) is 13.8 Å². The molecule has 0 aliphatic heterocycles. The summed E-state index contributed by atoms with van der Waals surface area (Å²) in [6.07, 6.45) is 0.933. The number of hydrogen-bond acceptors (Lipinski definition) is 3. The van der Waals surface area contributed by atoms with Gasteiger partial charge in [0.15, 0.2) is 0 Å². The topological polar surface area (TPSA) is 38.3 Å². The van der Waals surface area contributed by atoms with Gasteiger partial charge in [-0.25, -0.2) is 0 Å². The van der Waals surface area contributed by atoms with E-state index in [0.717, 1.165) is 12.0 Å². The van der Waals surface area contributed by atoms with Crippen molar-refractivity contribution < 1.29 is 9.53 Å². The van der Waals surface area contributed by atoms with Crippen LogP contribution in [0.2, 0.25) is 0 Å². The molecule has 0 aliphatic rings. The lowest BCUT2D eigenvalue weighted by molar-refractivity contribution is -0.145.